The number of esters is 3. The third kappa shape index (κ3) is 76.1. The smallest absolute Gasteiger partial charge is 0.463 e. The maximum absolute atomic E-state index is 12.9. The molecular weight excluding hydrogens is 1310 g/mol. The molecule has 0 aliphatic heterocycles. The van der Waals surface area contributed by atoms with Crippen LogP contribution in [0.4, 0.5) is 0 Å². The van der Waals surface area contributed by atoms with E-state index in [2.05, 4.69) is 179 Å². The molecule has 0 aliphatic carbocycles. The van der Waals surface area contributed by atoms with Gasteiger partial charge in [-0.05, 0) is 141 Å². The van der Waals surface area contributed by atoms with Crippen LogP contribution in [0.15, 0.2) is 158 Å². The zero-order valence-corrected chi connectivity index (χ0v) is 64.6. The number of ether oxygens (including phenoxy) is 3. The van der Waals surface area contributed by atoms with Crippen LogP contribution in [-0.2, 0) is 55.8 Å². The predicted molar refractivity (Wildman–Crippen MR) is 417 cm³/mol. The first kappa shape index (κ1) is 96.2. The number of phosphoric ester groups is 2. The zero-order valence-electron chi connectivity index (χ0n) is 62.8. The average molecular weight is 1450 g/mol. The Kier molecular flexibility index (Phi) is 71.3. The van der Waals surface area contributed by atoms with Crippen LogP contribution < -0.4 is 0 Å². The predicted octanol–water partition coefficient (Wildman–Crippen LogP) is 22.6. The van der Waals surface area contributed by atoms with Crippen molar-refractivity contribution in [1.29, 1.82) is 0 Å². The second kappa shape index (κ2) is 74.9. The minimum absolute atomic E-state index is 0.0826. The van der Waals surface area contributed by atoms with E-state index < -0.39 is 91.5 Å². The number of carbonyl (C=O) groups is 3. The highest BCUT2D eigenvalue weighted by Crippen LogP contribution is 2.45. The van der Waals surface area contributed by atoms with Crippen LogP contribution in [0.25, 0.3) is 0 Å². The second-order valence-corrected chi connectivity index (χ2v) is 28.3. The van der Waals surface area contributed by atoms with Gasteiger partial charge in [-0.1, -0.05) is 288 Å². The zero-order chi connectivity index (χ0) is 73.7. The summed E-state index contributed by atoms with van der Waals surface area (Å²) in [5, 5.41) is 20.6. The number of aliphatic hydroxyl groups excluding tert-OH is 2. The summed E-state index contributed by atoms with van der Waals surface area (Å²) < 4.78 is 61.1. The first-order chi connectivity index (χ1) is 49.2. The number of phosphoric acid groups is 2. The number of rotatable bonds is 72. The number of unbranched alkanes of at least 4 members (excludes halogenated alkanes) is 23. The molecule has 0 rings (SSSR count). The molecule has 0 aromatic carbocycles. The Balaban J connectivity index is 4.56. The van der Waals surface area contributed by atoms with Crippen LogP contribution in [0, 0.1) is 0 Å². The fourth-order valence-corrected chi connectivity index (χ4v) is 11.5. The van der Waals surface area contributed by atoms with Gasteiger partial charge < -0.3 is 34.2 Å². The Bertz CT molecular complexity index is 2470. The minimum Gasteiger partial charge on any atom is -0.463 e. The molecule has 0 aromatic heterocycles. The minimum atomic E-state index is -4.94. The van der Waals surface area contributed by atoms with Crippen LogP contribution in [-0.4, -0.2) is 95.9 Å². The van der Waals surface area contributed by atoms with Crippen molar-refractivity contribution < 1.29 is 75.8 Å². The molecule has 16 nitrogen and oxygen atoms in total. The monoisotopic (exact) mass is 1450 g/mol. The number of hydrogen-bond donors (Lipinski definition) is 4. The molecule has 18 heteroatoms. The van der Waals surface area contributed by atoms with Crippen molar-refractivity contribution in [2.24, 2.45) is 0 Å². The Hall–Kier alpha value is -4.83. The van der Waals surface area contributed by atoms with Crippen LogP contribution in [0.1, 0.15) is 290 Å². The lowest BCUT2D eigenvalue weighted by Gasteiger charge is -2.21. The summed E-state index contributed by atoms with van der Waals surface area (Å²) in [6, 6.07) is 0. The molecule has 0 aromatic rings. The van der Waals surface area contributed by atoms with E-state index in [9.17, 15) is 43.5 Å². The van der Waals surface area contributed by atoms with E-state index in [1.807, 2.05) is 0 Å². The summed E-state index contributed by atoms with van der Waals surface area (Å²) in [5.74, 6) is -1.61. The van der Waals surface area contributed by atoms with E-state index in [0.717, 1.165) is 186 Å². The third-order valence-electron chi connectivity index (χ3n) is 15.7. The summed E-state index contributed by atoms with van der Waals surface area (Å²) in [5.41, 5.74) is 0. The maximum atomic E-state index is 12.9. The van der Waals surface area contributed by atoms with Gasteiger partial charge in [0, 0.05) is 19.3 Å². The molecule has 576 valence electrons. The molecule has 0 spiro atoms. The van der Waals surface area contributed by atoms with Gasteiger partial charge in [0.05, 0.1) is 26.4 Å². The topological polar surface area (TPSA) is 231 Å². The Morgan fingerprint density at radius 2 is 0.525 bits per heavy atom. The van der Waals surface area contributed by atoms with Gasteiger partial charge in [0.2, 0.25) is 0 Å². The normalized spacial score (nSPS) is 14.9. The van der Waals surface area contributed by atoms with Crippen molar-refractivity contribution in [2.45, 2.75) is 309 Å². The lowest BCUT2D eigenvalue weighted by atomic mass is 10.1. The van der Waals surface area contributed by atoms with Crippen molar-refractivity contribution in [2.75, 3.05) is 39.6 Å². The van der Waals surface area contributed by atoms with Crippen LogP contribution in [0.2, 0.25) is 0 Å². The molecule has 5 atom stereocenters. The highest BCUT2D eigenvalue weighted by molar-refractivity contribution is 7.47. The van der Waals surface area contributed by atoms with E-state index in [1.54, 1.807) is 0 Å². The summed E-state index contributed by atoms with van der Waals surface area (Å²) in [7, 11) is -9.80. The van der Waals surface area contributed by atoms with E-state index in [-0.39, 0.29) is 19.3 Å². The first-order valence-electron chi connectivity index (χ1n) is 38.8. The lowest BCUT2D eigenvalue weighted by Crippen LogP contribution is -2.30. The number of hydrogen-bond acceptors (Lipinski definition) is 14. The van der Waals surface area contributed by atoms with E-state index in [4.69, 9.17) is 32.3 Å². The maximum Gasteiger partial charge on any atom is 0.472 e. The fraction of sp³-hybridized carbons (Fsp3) is 0.651. The molecule has 0 fully saturated rings. The molecule has 0 heterocycles. The van der Waals surface area contributed by atoms with Gasteiger partial charge in [0.15, 0.2) is 6.10 Å². The van der Waals surface area contributed by atoms with Gasteiger partial charge in [0.1, 0.15) is 25.4 Å². The molecule has 0 saturated carbocycles. The van der Waals surface area contributed by atoms with Crippen molar-refractivity contribution >= 4 is 33.6 Å². The van der Waals surface area contributed by atoms with Gasteiger partial charge in [-0.3, -0.25) is 32.5 Å². The summed E-state index contributed by atoms with van der Waals surface area (Å²) in [6.45, 7) is 2.34. The third-order valence-corrected chi connectivity index (χ3v) is 17.6. The Labute approximate surface area is 612 Å². The highest BCUT2D eigenvalue weighted by atomic mass is 31.2. The quantitative estimate of drug-likeness (QED) is 0.0146. The summed E-state index contributed by atoms with van der Waals surface area (Å²) in [6.07, 6.45) is 92.9. The molecule has 4 N–H and O–H groups in total. The van der Waals surface area contributed by atoms with E-state index in [1.165, 1.54) is 44.9 Å². The van der Waals surface area contributed by atoms with Crippen molar-refractivity contribution in [3.63, 3.8) is 0 Å². The van der Waals surface area contributed by atoms with Gasteiger partial charge in [-0.2, -0.15) is 0 Å². The van der Waals surface area contributed by atoms with Crippen LogP contribution >= 0.6 is 15.6 Å². The molecule has 0 bridgehead atoms. The van der Waals surface area contributed by atoms with Crippen molar-refractivity contribution in [3.8, 4) is 0 Å². The molecule has 5 unspecified atom stereocenters. The Morgan fingerprint density at radius 1 is 0.287 bits per heavy atom. The Morgan fingerprint density at radius 3 is 0.832 bits per heavy atom. The van der Waals surface area contributed by atoms with Gasteiger partial charge in [-0.25, -0.2) is 9.13 Å². The molecular formula is C83H138O16P2. The van der Waals surface area contributed by atoms with E-state index in [0.29, 0.717) is 19.3 Å². The lowest BCUT2D eigenvalue weighted by molar-refractivity contribution is -0.161. The van der Waals surface area contributed by atoms with Gasteiger partial charge in [0.25, 0.3) is 0 Å². The first-order valence-corrected chi connectivity index (χ1v) is 41.8. The van der Waals surface area contributed by atoms with E-state index >= 15 is 0 Å². The highest BCUT2D eigenvalue weighted by Gasteiger charge is 2.29. The molecule has 0 saturated heterocycles. The average Bonchev–Trinajstić information content (AvgIpc) is 0.949. The molecule has 101 heavy (non-hydrogen) atoms. The standard InChI is InChI=1S/C83H138O16P2/c1-4-7-10-13-16-19-22-25-27-29-31-33-35-37-38-40-42-43-45-47-49-52-54-57-60-63-66-69-81(86)93-72-78(84)73-95-100(89,90)96-74-79(85)75-97-101(91,92)98-77-80(99-83(88)71-68-65-62-59-56-51-24-21-18-15-12-9-6-3)76-94-82(87)70-67-64-61-58-55-53-50-48-46-44-41-39-36-34-32-30-28-26-23-20-17-14-11-8-5-2/h7-8,10-12,15-17,19-21,24-28,31-34,37-39,41-43,78-80,84-85H,4-6,9,13-14,18,22-23,29-30,35-36,40,44-77H2,1-3H3,(H,89,90)(H,91,92)/b10-7-,11-8-,15-12-,19-16-,20-17-,24-21-,27-25-,28-26-,33-31-,34-32-,38-37-,41-39-,43-42-. The molecule has 0 radical (unpaired) electrons. The SMILES string of the molecule is CC/C=C\C/C=C\C/C=C\C/C=C\C/C=C\C/C=C\CCCCCCCCCCC(=O)OCC(O)COP(=O)(O)OCC(O)COP(=O)(O)OCC(COC(=O)CCCCCCCCCCC/C=C\C/C=C\C/C=C\C/C=C\C/C=C\CC)OC(=O)CCCCCCC/C=C\C/C=C\CCC. The summed E-state index contributed by atoms with van der Waals surface area (Å²) in [4.78, 5) is 58.6. The number of allylic oxidation sites excluding steroid dienone is 26. The van der Waals surface area contributed by atoms with Gasteiger partial charge in [-0.15, -0.1) is 0 Å². The molecule has 0 amide bonds. The van der Waals surface area contributed by atoms with Crippen LogP contribution in [0.5, 0.6) is 0 Å². The largest absolute Gasteiger partial charge is 0.472 e. The fourth-order valence-electron chi connectivity index (χ4n) is 9.87. The van der Waals surface area contributed by atoms with Crippen molar-refractivity contribution in [3.05, 3.63) is 158 Å². The van der Waals surface area contributed by atoms with Crippen LogP contribution in [0.3, 0.4) is 0 Å². The summed E-state index contributed by atoms with van der Waals surface area (Å²) >= 11 is 0. The van der Waals surface area contributed by atoms with Gasteiger partial charge >= 0.3 is 33.6 Å². The second-order valence-electron chi connectivity index (χ2n) is 25.4. The van der Waals surface area contributed by atoms with Crippen molar-refractivity contribution in [1.82, 2.24) is 0 Å². The number of carbonyl (C=O) groups excluding carboxylic acids is 3. The molecule has 0 aliphatic rings. The number of aliphatic hydroxyl groups is 2.